The zero-order chi connectivity index (χ0) is 20.1. The van der Waals surface area contributed by atoms with Gasteiger partial charge in [0.15, 0.2) is 17.3 Å². The van der Waals surface area contributed by atoms with Crippen LogP contribution in [0.2, 0.25) is 0 Å². The lowest BCUT2D eigenvalue weighted by molar-refractivity contribution is 0.174. The predicted molar refractivity (Wildman–Crippen MR) is 105 cm³/mol. The van der Waals surface area contributed by atoms with Gasteiger partial charge in [-0.15, -0.1) is 15.3 Å². The molecule has 0 atom stereocenters. The Morgan fingerprint density at radius 2 is 1.96 bits per heavy atom. The van der Waals surface area contributed by atoms with E-state index in [9.17, 15) is 0 Å². The molecule has 4 heterocycles. The number of hydrogen-bond donors (Lipinski definition) is 0. The Bertz CT molecular complexity index is 964. The number of anilines is 1. The van der Waals surface area contributed by atoms with Gasteiger partial charge in [0.25, 0.3) is 0 Å². The van der Waals surface area contributed by atoms with Crippen LogP contribution >= 0.6 is 0 Å². The van der Waals surface area contributed by atoms with E-state index in [-0.39, 0.29) is 11.3 Å². The summed E-state index contributed by atoms with van der Waals surface area (Å²) in [5, 5.41) is 17.4. The molecule has 28 heavy (non-hydrogen) atoms. The Labute approximate surface area is 164 Å². The number of rotatable bonds is 5. The lowest BCUT2D eigenvalue weighted by atomic mass is 9.96. The number of hydrogen-bond acceptors (Lipinski definition) is 8. The van der Waals surface area contributed by atoms with Crippen molar-refractivity contribution in [3.63, 3.8) is 0 Å². The van der Waals surface area contributed by atoms with Crippen LogP contribution in [0, 0.1) is 0 Å². The van der Waals surface area contributed by atoms with Gasteiger partial charge in [-0.25, -0.2) is 0 Å². The molecule has 0 amide bonds. The van der Waals surface area contributed by atoms with Gasteiger partial charge in [-0.1, -0.05) is 39.8 Å². The topological polar surface area (TPSA) is 88.5 Å². The quantitative estimate of drug-likeness (QED) is 0.662. The second-order valence-electron chi connectivity index (χ2n) is 8.91. The second kappa shape index (κ2) is 6.80. The lowest BCUT2D eigenvalue weighted by Crippen LogP contribution is -2.58. The third kappa shape index (κ3) is 3.46. The molecule has 0 bridgehead atoms. The van der Waals surface area contributed by atoms with Crippen LogP contribution in [-0.2, 0) is 12.0 Å². The van der Waals surface area contributed by atoms with Crippen molar-refractivity contribution in [1.82, 2.24) is 34.9 Å². The summed E-state index contributed by atoms with van der Waals surface area (Å²) in [6.07, 6.45) is 0. The first-order valence-corrected chi connectivity index (χ1v) is 9.73. The van der Waals surface area contributed by atoms with Crippen LogP contribution in [0.1, 0.15) is 58.1 Å². The molecular formula is C19H28N8O. The average Bonchev–Trinajstić information content (AvgIpc) is 3.19. The van der Waals surface area contributed by atoms with Crippen LogP contribution in [-0.4, -0.2) is 61.0 Å². The molecule has 9 heteroatoms. The smallest absolute Gasteiger partial charge is 0.240 e. The van der Waals surface area contributed by atoms with Crippen molar-refractivity contribution in [2.75, 3.05) is 25.0 Å². The minimum atomic E-state index is -0.109. The zero-order valence-corrected chi connectivity index (χ0v) is 17.4. The first kappa shape index (κ1) is 18.8. The summed E-state index contributed by atoms with van der Waals surface area (Å²) in [4.78, 5) is 8.99. The van der Waals surface area contributed by atoms with E-state index in [2.05, 4.69) is 71.8 Å². The maximum Gasteiger partial charge on any atom is 0.240 e. The number of fused-ring (bicyclic) bond motifs is 1. The number of aromatic nitrogens is 6. The van der Waals surface area contributed by atoms with Gasteiger partial charge in [0.2, 0.25) is 5.89 Å². The van der Waals surface area contributed by atoms with Gasteiger partial charge in [0.1, 0.15) is 5.82 Å². The van der Waals surface area contributed by atoms with E-state index in [1.807, 2.05) is 16.6 Å². The molecule has 1 saturated heterocycles. The molecule has 0 spiro atoms. The van der Waals surface area contributed by atoms with E-state index in [1.54, 1.807) is 0 Å². The van der Waals surface area contributed by atoms with Crippen molar-refractivity contribution < 1.29 is 4.52 Å². The third-order valence-corrected chi connectivity index (χ3v) is 5.11. The largest absolute Gasteiger partial charge is 0.352 e. The summed E-state index contributed by atoms with van der Waals surface area (Å²) in [5.41, 5.74) is 0.669. The average molecular weight is 384 g/mol. The highest BCUT2D eigenvalue weighted by Crippen LogP contribution is 2.25. The first-order valence-electron chi connectivity index (χ1n) is 9.73. The van der Waals surface area contributed by atoms with Crippen molar-refractivity contribution in [3.8, 4) is 0 Å². The summed E-state index contributed by atoms with van der Waals surface area (Å²) in [6, 6.07) is 4.42. The van der Waals surface area contributed by atoms with Crippen LogP contribution < -0.4 is 4.90 Å². The van der Waals surface area contributed by atoms with Crippen LogP contribution in [0.5, 0.6) is 0 Å². The highest BCUT2D eigenvalue weighted by atomic mass is 16.5. The summed E-state index contributed by atoms with van der Waals surface area (Å²) < 4.78 is 7.22. The number of likely N-dealkylation sites (N-methyl/N-ethyl adjacent to an activating group) is 1. The van der Waals surface area contributed by atoms with Gasteiger partial charge in [-0.3, -0.25) is 4.90 Å². The normalized spacial score (nSPS) is 15.8. The van der Waals surface area contributed by atoms with E-state index >= 15 is 0 Å². The molecule has 3 aromatic heterocycles. The van der Waals surface area contributed by atoms with Crippen LogP contribution in [0.4, 0.5) is 5.82 Å². The summed E-state index contributed by atoms with van der Waals surface area (Å²) >= 11 is 0. The maximum absolute atomic E-state index is 5.37. The van der Waals surface area contributed by atoms with E-state index in [0.29, 0.717) is 18.5 Å². The Kier molecular flexibility index (Phi) is 4.57. The molecule has 0 aromatic carbocycles. The lowest BCUT2D eigenvalue weighted by Gasteiger charge is -2.44. The highest BCUT2D eigenvalue weighted by Gasteiger charge is 2.32. The first-order chi connectivity index (χ1) is 13.2. The standard InChI is InChI=1S/C19H28N8O/c1-12(2)17-20-16(28-24-17)11-25(6)13-9-26(10-13)15-8-7-14-21-22-18(19(3,4)5)27(14)23-15/h7-8,12-13H,9-11H2,1-6H3. The fraction of sp³-hybridized carbons (Fsp3) is 0.632. The molecule has 9 nitrogen and oxygen atoms in total. The maximum atomic E-state index is 5.37. The monoisotopic (exact) mass is 384 g/mol. The van der Waals surface area contributed by atoms with E-state index < -0.39 is 0 Å². The molecule has 1 aliphatic rings. The van der Waals surface area contributed by atoms with Crippen LogP contribution in [0.15, 0.2) is 16.7 Å². The molecule has 150 valence electrons. The van der Waals surface area contributed by atoms with E-state index in [1.165, 1.54) is 0 Å². The van der Waals surface area contributed by atoms with Gasteiger partial charge in [0, 0.05) is 30.5 Å². The summed E-state index contributed by atoms with van der Waals surface area (Å²) in [5.74, 6) is 3.53. The Hall–Kier alpha value is -2.55. The molecule has 1 fully saturated rings. The van der Waals surface area contributed by atoms with Gasteiger partial charge in [-0.05, 0) is 19.2 Å². The minimum absolute atomic E-state index is 0.109. The van der Waals surface area contributed by atoms with Crippen LogP contribution in [0.3, 0.4) is 0 Å². The molecule has 3 aromatic rings. The fourth-order valence-corrected chi connectivity index (χ4v) is 3.25. The fourth-order valence-electron chi connectivity index (χ4n) is 3.25. The van der Waals surface area contributed by atoms with Crippen LogP contribution in [0.25, 0.3) is 5.65 Å². The van der Waals surface area contributed by atoms with Gasteiger partial charge in [0.05, 0.1) is 6.54 Å². The molecular weight excluding hydrogens is 356 g/mol. The Morgan fingerprint density at radius 3 is 2.61 bits per heavy atom. The summed E-state index contributed by atoms with van der Waals surface area (Å²) in [6.45, 7) is 13.0. The van der Waals surface area contributed by atoms with Crippen molar-refractivity contribution in [3.05, 3.63) is 29.7 Å². The SMILES string of the molecule is CC(C)c1noc(CN(C)C2CN(c3ccc4nnc(C(C)(C)C)n4n3)C2)n1. The molecule has 0 radical (unpaired) electrons. The van der Waals surface area contributed by atoms with Crippen molar-refractivity contribution in [1.29, 1.82) is 0 Å². The Balaban J connectivity index is 1.41. The molecule has 1 aliphatic heterocycles. The van der Waals surface area contributed by atoms with Gasteiger partial charge < -0.3 is 9.42 Å². The van der Waals surface area contributed by atoms with Crippen molar-refractivity contribution >= 4 is 11.5 Å². The van der Waals surface area contributed by atoms with E-state index in [4.69, 9.17) is 9.62 Å². The third-order valence-electron chi connectivity index (χ3n) is 5.11. The van der Waals surface area contributed by atoms with Crippen molar-refractivity contribution in [2.24, 2.45) is 0 Å². The van der Waals surface area contributed by atoms with Gasteiger partial charge >= 0.3 is 0 Å². The minimum Gasteiger partial charge on any atom is -0.352 e. The molecule has 4 rings (SSSR count). The molecule has 0 unspecified atom stereocenters. The molecule has 0 aliphatic carbocycles. The summed E-state index contributed by atoms with van der Waals surface area (Å²) in [7, 11) is 2.09. The van der Waals surface area contributed by atoms with E-state index in [0.717, 1.165) is 36.2 Å². The molecule has 0 saturated carbocycles. The highest BCUT2D eigenvalue weighted by molar-refractivity contribution is 5.48. The zero-order valence-electron chi connectivity index (χ0n) is 17.4. The molecule has 0 N–H and O–H groups in total. The second-order valence-corrected chi connectivity index (χ2v) is 8.91. The van der Waals surface area contributed by atoms with Gasteiger partial charge in [-0.2, -0.15) is 9.50 Å². The Morgan fingerprint density at radius 1 is 1.21 bits per heavy atom. The predicted octanol–water partition coefficient (Wildman–Crippen LogP) is 2.25. The van der Waals surface area contributed by atoms with Crippen molar-refractivity contribution in [2.45, 2.75) is 58.5 Å². The number of nitrogens with zero attached hydrogens (tertiary/aromatic N) is 8.